The van der Waals surface area contributed by atoms with Crippen molar-refractivity contribution < 1.29 is 9.15 Å². The van der Waals surface area contributed by atoms with Gasteiger partial charge in [-0.05, 0) is 42.0 Å². The van der Waals surface area contributed by atoms with Gasteiger partial charge in [0.2, 0.25) is 0 Å². The standard InChI is InChI=1S/C20H16N2O2/c1-23-15-6-2-12(3-7-15)20-16-8-4-13(21)10-18(16)24-19-11-14(22)5-9-17(19)20/h2-11,21H,22H2,1H3. The van der Waals surface area contributed by atoms with Gasteiger partial charge in [-0.2, -0.15) is 0 Å². The highest BCUT2D eigenvalue weighted by Gasteiger charge is 2.16. The van der Waals surface area contributed by atoms with Gasteiger partial charge in [-0.3, -0.25) is 0 Å². The Morgan fingerprint density at radius 2 is 1.75 bits per heavy atom. The Kier molecular flexibility index (Phi) is 3.24. The van der Waals surface area contributed by atoms with Gasteiger partial charge in [-0.1, -0.05) is 12.1 Å². The minimum absolute atomic E-state index is 0.412. The summed E-state index contributed by atoms with van der Waals surface area (Å²) < 4.78 is 11.2. The molecule has 0 radical (unpaired) electrons. The maximum Gasteiger partial charge on any atom is 0.137 e. The first-order valence-corrected chi connectivity index (χ1v) is 7.61. The van der Waals surface area contributed by atoms with Crippen LogP contribution in [0.4, 0.5) is 5.69 Å². The average molecular weight is 316 g/mol. The minimum Gasteiger partial charge on any atom is -0.497 e. The predicted molar refractivity (Wildman–Crippen MR) is 95.1 cm³/mol. The van der Waals surface area contributed by atoms with E-state index < -0.39 is 0 Å². The van der Waals surface area contributed by atoms with Crippen molar-refractivity contribution in [3.05, 3.63) is 66.0 Å². The molecule has 0 saturated carbocycles. The first kappa shape index (κ1) is 14.3. The Labute approximate surface area is 139 Å². The molecule has 2 aromatic carbocycles. The lowest BCUT2D eigenvalue weighted by molar-refractivity contribution is 0.415. The third-order valence-electron chi connectivity index (χ3n) is 4.12. The minimum atomic E-state index is 0.412. The van der Waals surface area contributed by atoms with Crippen molar-refractivity contribution in [2.24, 2.45) is 0 Å². The molecule has 0 spiro atoms. The Hall–Kier alpha value is -3.27. The topological polar surface area (TPSA) is 72.2 Å². The second-order valence-corrected chi connectivity index (χ2v) is 5.67. The zero-order chi connectivity index (χ0) is 16.7. The van der Waals surface area contributed by atoms with Crippen LogP contribution in [0.1, 0.15) is 0 Å². The number of rotatable bonds is 2. The van der Waals surface area contributed by atoms with E-state index in [9.17, 15) is 0 Å². The molecule has 0 unspecified atom stereocenters. The first-order valence-electron chi connectivity index (χ1n) is 7.61. The van der Waals surface area contributed by atoms with E-state index in [1.165, 1.54) is 0 Å². The molecule has 2 aliphatic rings. The van der Waals surface area contributed by atoms with Gasteiger partial charge in [0.05, 0.1) is 12.5 Å². The summed E-state index contributed by atoms with van der Waals surface area (Å²) in [5.74, 6) is 1.48. The molecule has 3 N–H and O–H groups in total. The van der Waals surface area contributed by atoms with E-state index in [1.54, 1.807) is 19.2 Å². The van der Waals surface area contributed by atoms with Crippen LogP contribution in [0.15, 0.2) is 65.1 Å². The van der Waals surface area contributed by atoms with Crippen molar-refractivity contribution in [1.29, 1.82) is 5.41 Å². The molecule has 4 nitrogen and oxygen atoms in total. The van der Waals surface area contributed by atoms with E-state index in [2.05, 4.69) is 0 Å². The van der Waals surface area contributed by atoms with E-state index in [1.807, 2.05) is 48.5 Å². The Bertz CT molecular complexity index is 1070. The summed E-state index contributed by atoms with van der Waals surface area (Å²) in [6.45, 7) is 0. The molecule has 0 fully saturated rings. The van der Waals surface area contributed by atoms with Crippen LogP contribution in [0.5, 0.6) is 5.75 Å². The maximum absolute atomic E-state index is 7.85. The second-order valence-electron chi connectivity index (χ2n) is 5.67. The SMILES string of the molecule is COc1ccc(-c2c3ccc(=N)cc-3oc3cc(N)ccc23)cc1. The van der Waals surface area contributed by atoms with Crippen molar-refractivity contribution in [3.8, 4) is 28.2 Å². The molecule has 0 atom stereocenters. The molecular formula is C20H16N2O2. The lowest BCUT2D eigenvalue weighted by Gasteiger charge is -2.15. The summed E-state index contributed by atoms with van der Waals surface area (Å²) in [6, 6.07) is 19.0. The molecule has 0 saturated heterocycles. The van der Waals surface area contributed by atoms with E-state index >= 15 is 0 Å². The van der Waals surface area contributed by atoms with E-state index in [0.717, 1.165) is 27.8 Å². The molecule has 1 aliphatic heterocycles. The normalized spacial score (nSPS) is 11.0. The summed E-state index contributed by atoms with van der Waals surface area (Å²) in [4.78, 5) is 0. The number of fused-ring (bicyclic) bond motifs is 2. The number of hydrogen-bond acceptors (Lipinski definition) is 4. The van der Waals surface area contributed by atoms with Gasteiger partial charge >= 0.3 is 0 Å². The van der Waals surface area contributed by atoms with Crippen molar-refractivity contribution in [2.45, 2.75) is 0 Å². The second kappa shape index (κ2) is 5.42. The highest BCUT2D eigenvalue weighted by molar-refractivity contribution is 6.02. The van der Waals surface area contributed by atoms with Crippen LogP contribution >= 0.6 is 0 Å². The highest BCUT2D eigenvalue weighted by Crippen LogP contribution is 2.40. The summed E-state index contributed by atoms with van der Waals surface area (Å²) in [5.41, 5.74) is 10.4. The molecule has 0 bridgehead atoms. The van der Waals surface area contributed by atoms with Gasteiger partial charge < -0.3 is 20.3 Å². The van der Waals surface area contributed by atoms with Crippen LogP contribution in [0.3, 0.4) is 0 Å². The monoisotopic (exact) mass is 316 g/mol. The van der Waals surface area contributed by atoms with Crippen LogP contribution in [-0.2, 0) is 0 Å². The molecule has 118 valence electrons. The number of hydrogen-bond donors (Lipinski definition) is 2. The van der Waals surface area contributed by atoms with Gasteiger partial charge in [0.15, 0.2) is 0 Å². The molecule has 4 heteroatoms. The van der Waals surface area contributed by atoms with Crippen molar-refractivity contribution in [1.82, 2.24) is 0 Å². The third-order valence-corrected chi connectivity index (χ3v) is 4.12. The van der Waals surface area contributed by atoms with Crippen LogP contribution in [-0.4, -0.2) is 7.11 Å². The van der Waals surface area contributed by atoms with Crippen molar-refractivity contribution >= 4 is 16.7 Å². The first-order chi connectivity index (χ1) is 11.7. The Balaban J connectivity index is 2.11. The van der Waals surface area contributed by atoms with Crippen molar-refractivity contribution in [2.75, 3.05) is 12.8 Å². The number of anilines is 1. The smallest absolute Gasteiger partial charge is 0.137 e. The van der Waals surface area contributed by atoms with Gasteiger partial charge in [-0.15, -0.1) is 0 Å². The number of nitrogen functional groups attached to an aromatic ring is 1. The summed E-state index contributed by atoms with van der Waals surface area (Å²) in [5, 5.41) is 9.25. The van der Waals surface area contributed by atoms with Gasteiger partial charge in [0.1, 0.15) is 17.1 Å². The molecule has 4 rings (SSSR count). The lowest BCUT2D eigenvalue weighted by atomic mass is 9.93. The van der Waals surface area contributed by atoms with Crippen molar-refractivity contribution in [3.63, 3.8) is 0 Å². The fraction of sp³-hybridized carbons (Fsp3) is 0.0500. The van der Waals surface area contributed by atoms with Gasteiger partial charge in [0.25, 0.3) is 0 Å². The molecule has 24 heavy (non-hydrogen) atoms. The zero-order valence-electron chi connectivity index (χ0n) is 13.2. The zero-order valence-corrected chi connectivity index (χ0v) is 13.2. The summed E-state index contributed by atoms with van der Waals surface area (Å²) >= 11 is 0. The number of nitrogens with one attached hydrogen (secondary N) is 1. The van der Waals surface area contributed by atoms with E-state index in [4.69, 9.17) is 20.3 Å². The summed E-state index contributed by atoms with van der Waals surface area (Å²) in [6.07, 6.45) is 0. The maximum atomic E-state index is 7.85. The Morgan fingerprint density at radius 3 is 2.50 bits per heavy atom. The molecule has 0 aromatic heterocycles. The van der Waals surface area contributed by atoms with Gasteiger partial charge in [0, 0.05) is 34.3 Å². The number of methoxy groups -OCH3 is 1. The fourth-order valence-electron chi connectivity index (χ4n) is 2.98. The van der Waals surface area contributed by atoms with Crippen LogP contribution in [0.25, 0.3) is 33.4 Å². The quantitative estimate of drug-likeness (QED) is 0.428. The van der Waals surface area contributed by atoms with Crippen LogP contribution in [0.2, 0.25) is 0 Å². The molecule has 2 aromatic rings. The lowest BCUT2D eigenvalue weighted by Crippen LogP contribution is -2.00. The Morgan fingerprint density at radius 1 is 0.958 bits per heavy atom. The number of benzene rings is 3. The fourth-order valence-corrected chi connectivity index (χ4v) is 2.98. The average Bonchev–Trinajstić information content (AvgIpc) is 2.59. The van der Waals surface area contributed by atoms with Crippen LogP contribution < -0.4 is 15.8 Å². The van der Waals surface area contributed by atoms with Gasteiger partial charge in [-0.25, -0.2) is 0 Å². The molecule has 1 aliphatic carbocycles. The largest absolute Gasteiger partial charge is 0.497 e. The number of ether oxygens (including phenoxy) is 1. The highest BCUT2D eigenvalue weighted by atomic mass is 16.5. The summed E-state index contributed by atoms with van der Waals surface area (Å²) in [7, 11) is 1.65. The molecular weight excluding hydrogens is 300 g/mol. The van der Waals surface area contributed by atoms with E-state index in [0.29, 0.717) is 22.4 Å². The van der Waals surface area contributed by atoms with E-state index in [-0.39, 0.29) is 0 Å². The third kappa shape index (κ3) is 2.29. The predicted octanol–water partition coefficient (Wildman–Crippen LogP) is 4.27. The van der Waals surface area contributed by atoms with Crippen LogP contribution in [0, 0.1) is 5.41 Å². The number of nitrogens with two attached hydrogens (primary N) is 1. The molecule has 0 amide bonds. The molecule has 1 heterocycles.